The largest absolute Gasteiger partial charge is 0.300 e. The van der Waals surface area contributed by atoms with E-state index in [-0.39, 0.29) is 22.6 Å². The molecule has 0 spiro atoms. The van der Waals surface area contributed by atoms with Crippen LogP contribution in [0.15, 0.2) is 35.2 Å². The van der Waals surface area contributed by atoms with Gasteiger partial charge in [0.2, 0.25) is 10.0 Å². The van der Waals surface area contributed by atoms with Crippen LogP contribution in [0.5, 0.6) is 0 Å². The Morgan fingerprint density at radius 2 is 1.74 bits per heavy atom. The van der Waals surface area contributed by atoms with E-state index < -0.39 is 10.0 Å². The molecule has 0 radical (unpaired) electrons. The van der Waals surface area contributed by atoms with Crippen LogP contribution in [0.2, 0.25) is 0 Å². The van der Waals surface area contributed by atoms with E-state index in [0.29, 0.717) is 12.8 Å². The highest BCUT2D eigenvalue weighted by molar-refractivity contribution is 7.89. The van der Waals surface area contributed by atoms with E-state index in [4.69, 9.17) is 0 Å². The van der Waals surface area contributed by atoms with Crippen molar-refractivity contribution in [3.63, 3.8) is 0 Å². The summed E-state index contributed by atoms with van der Waals surface area (Å²) in [6.45, 7) is 1.88. The van der Waals surface area contributed by atoms with Crippen molar-refractivity contribution >= 4 is 15.8 Å². The van der Waals surface area contributed by atoms with Gasteiger partial charge < -0.3 is 0 Å². The third-order valence-corrected chi connectivity index (χ3v) is 5.26. The molecule has 4 nitrogen and oxygen atoms in total. The van der Waals surface area contributed by atoms with Gasteiger partial charge in [0.15, 0.2) is 0 Å². The number of ketones is 1. The topological polar surface area (TPSA) is 63.2 Å². The Balaban J connectivity index is 2.02. The minimum absolute atomic E-state index is 0.140. The molecule has 0 amide bonds. The molecule has 19 heavy (non-hydrogen) atoms. The molecular weight excluding hydrogens is 262 g/mol. The molecule has 0 aromatic heterocycles. The van der Waals surface area contributed by atoms with Crippen LogP contribution >= 0.6 is 0 Å². The summed E-state index contributed by atoms with van der Waals surface area (Å²) < 4.78 is 27.1. The quantitative estimate of drug-likeness (QED) is 0.919. The number of benzene rings is 1. The van der Waals surface area contributed by atoms with Gasteiger partial charge in [0, 0.05) is 18.9 Å². The second kappa shape index (κ2) is 5.84. The zero-order valence-corrected chi connectivity index (χ0v) is 11.8. The van der Waals surface area contributed by atoms with Crippen molar-refractivity contribution in [3.8, 4) is 0 Å². The Labute approximate surface area is 114 Å². The molecule has 1 aliphatic rings. The van der Waals surface area contributed by atoms with Gasteiger partial charge >= 0.3 is 0 Å². The summed E-state index contributed by atoms with van der Waals surface area (Å²) in [4.78, 5) is 11.5. The Morgan fingerprint density at radius 3 is 2.32 bits per heavy atom. The summed E-state index contributed by atoms with van der Waals surface area (Å²) in [6, 6.07) is 8.23. The predicted octanol–water partition coefficient (Wildman–Crippen LogP) is 2.11. The van der Waals surface area contributed by atoms with Crippen LogP contribution in [0, 0.1) is 5.92 Å². The molecule has 1 N–H and O–H groups in total. The van der Waals surface area contributed by atoms with Gasteiger partial charge in [-0.1, -0.05) is 18.2 Å². The number of Topliss-reactive ketones (excluding diaryl/α,β-unsaturated/α-hetero) is 1. The van der Waals surface area contributed by atoms with Crippen molar-refractivity contribution < 1.29 is 13.2 Å². The third kappa shape index (κ3) is 3.64. The van der Waals surface area contributed by atoms with E-state index >= 15 is 0 Å². The molecule has 0 heterocycles. The average molecular weight is 281 g/mol. The minimum atomic E-state index is -3.46. The van der Waals surface area contributed by atoms with E-state index in [1.165, 1.54) is 0 Å². The van der Waals surface area contributed by atoms with E-state index in [9.17, 15) is 13.2 Å². The van der Waals surface area contributed by atoms with Gasteiger partial charge in [-0.25, -0.2) is 13.1 Å². The zero-order valence-electron chi connectivity index (χ0n) is 11.0. The number of rotatable bonds is 4. The molecule has 1 fully saturated rings. The van der Waals surface area contributed by atoms with Crippen molar-refractivity contribution in [2.75, 3.05) is 0 Å². The fourth-order valence-electron chi connectivity index (χ4n) is 2.47. The normalized spacial score (nSPS) is 19.3. The van der Waals surface area contributed by atoms with Crippen molar-refractivity contribution in [1.82, 2.24) is 4.72 Å². The van der Waals surface area contributed by atoms with E-state index in [0.717, 1.165) is 12.8 Å². The lowest BCUT2D eigenvalue weighted by Gasteiger charge is -2.27. The molecule has 1 aromatic carbocycles. The fourth-order valence-corrected chi connectivity index (χ4v) is 3.80. The standard InChI is InChI=1S/C14H19NO3S/c1-11(12-7-9-13(16)10-8-12)15-19(17,18)14-5-3-2-4-6-14/h2-6,11-12,15H,7-10H2,1H3. The molecule has 0 bridgehead atoms. The number of hydrogen-bond donors (Lipinski definition) is 1. The summed E-state index contributed by atoms with van der Waals surface area (Å²) in [5, 5.41) is 0. The van der Waals surface area contributed by atoms with Crippen LogP contribution in [0.3, 0.4) is 0 Å². The van der Waals surface area contributed by atoms with Gasteiger partial charge in [0.05, 0.1) is 4.90 Å². The van der Waals surface area contributed by atoms with Gasteiger partial charge in [0.25, 0.3) is 0 Å². The second-order valence-electron chi connectivity index (χ2n) is 5.10. The van der Waals surface area contributed by atoms with Gasteiger partial charge in [-0.15, -0.1) is 0 Å². The maximum atomic E-state index is 12.2. The molecule has 1 aromatic rings. The van der Waals surface area contributed by atoms with Crippen LogP contribution in [-0.4, -0.2) is 20.2 Å². The number of carbonyl (C=O) groups excluding carboxylic acids is 1. The molecule has 0 saturated heterocycles. The molecule has 1 aliphatic carbocycles. The Bertz CT molecular complexity index is 529. The lowest BCUT2D eigenvalue weighted by atomic mass is 9.84. The number of carbonyl (C=O) groups is 1. The molecular formula is C14H19NO3S. The highest BCUT2D eigenvalue weighted by Crippen LogP contribution is 2.25. The number of hydrogen-bond acceptors (Lipinski definition) is 3. The van der Waals surface area contributed by atoms with Gasteiger partial charge in [-0.05, 0) is 37.8 Å². The molecule has 104 valence electrons. The molecule has 0 aliphatic heterocycles. The lowest BCUT2D eigenvalue weighted by Crippen LogP contribution is -2.39. The van der Waals surface area contributed by atoms with Crippen molar-refractivity contribution in [2.45, 2.75) is 43.5 Å². The first kappa shape index (κ1) is 14.2. The maximum absolute atomic E-state index is 12.2. The van der Waals surface area contributed by atoms with Crippen LogP contribution < -0.4 is 4.72 Å². The van der Waals surface area contributed by atoms with Crippen LogP contribution in [0.25, 0.3) is 0 Å². The summed E-state index contributed by atoms with van der Waals surface area (Å²) in [5.41, 5.74) is 0. The minimum Gasteiger partial charge on any atom is -0.300 e. The van der Waals surface area contributed by atoms with Crippen molar-refractivity contribution in [2.24, 2.45) is 5.92 Å². The summed E-state index contributed by atoms with van der Waals surface area (Å²) in [6.07, 6.45) is 2.69. The Kier molecular flexibility index (Phi) is 4.37. The first-order valence-electron chi connectivity index (χ1n) is 6.58. The fraction of sp³-hybridized carbons (Fsp3) is 0.500. The monoisotopic (exact) mass is 281 g/mol. The second-order valence-corrected chi connectivity index (χ2v) is 6.81. The summed E-state index contributed by atoms with van der Waals surface area (Å²) in [7, 11) is -3.46. The summed E-state index contributed by atoms with van der Waals surface area (Å²) in [5.74, 6) is 0.533. The highest BCUT2D eigenvalue weighted by Gasteiger charge is 2.27. The van der Waals surface area contributed by atoms with Crippen molar-refractivity contribution in [1.29, 1.82) is 0 Å². The highest BCUT2D eigenvalue weighted by atomic mass is 32.2. The predicted molar refractivity (Wildman–Crippen MR) is 73.2 cm³/mol. The number of sulfonamides is 1. The van der Waals surface area contributed by atoms with E-state index in [1.807, 2.05) is 6.92 Å². The first-order chi connectivity index (χ1) is 8.99. The third-order valence-electron chi connectivity index (χ3n) is 3.69. The Hall–Kier alpha value is -1.20. The van der Waals surface area contributed by atoms with Crippen LogP contribution in [-0.2, 0) is 14.8 Å². The van der Waals surface area contributed by atoms with Crippen LogP contribution in [0.4, 0.5) is 0 Å². The number of nitrogens with one attached hydrogen (secondary N) is 1. The Morgan fingerprint density at radius 1 is 1.16 bits per heavy atom. The maximum Gasteiger partial charge on any atom is 0.240 e. The zero-order chi connectivity index (χ0) is 13.9. The lowest BCUT2D eigenvalue weighted by molar-refractivity contribution is -0.121. The molecule has 2 rings (SSSR count). The average Bonchev–Trinajstić information content (AvgIpc) is 2.40. The summed E-state index contributed by atoms with van der Waals surface area (Å²) >= 11 is 0. The molecule has 1 atom stereocenters. The van der Waals surface area contributed by atoms with Gasteiger partial charge in [0.1, 0.15) is 5.78 Å². The van der Waals surface area contributed by atoms with E-state index in [1.54, 1.807) is 30.3 Å². The van der Waals surface area contributed by atoms with Gasteiger partial charge in [-0.3, -0.25) is 4.79 Å². The molecule has 1 saturated carbocycles. The van der Waals surface area contributed by atoms with Crippen LogP contribution in [0.1, 0.15) is 32.6 Å². The first-order valence-corrected chi connectivity index (χ1v) is 8.06. The molecule has 5 heteroatoms. The SMILES string of the molecule is CC(NS(=O)(=O)c1ccccc1)C1CCC(=O)CC1. The smallest absolute Gasteiger partial charge is 0.240 e. The van der Waals surface area contributed by atoms with Gasteiger partial charge in [-0.2, -0.15) is 0 Å². The van der Waals surface area contributed by atoms with E-state index in [2.05, 4.69) is 4.72 Å². The molecule has 1 unspecified atom stereocenters. The van der Waals surface area contributed by atoms with Crippen molar-refractivity contribution in [3.05, 3.63) is 30.3 Å².